The van der Waals surface area contributed by atoms with Gasteiger partial charge in [0, 0.05) is 32.2 Å². The molecule has 0 aliphatic carbocycles. The Hall–Kier alpha value is -4.02. The number of anilines is 2. The maximum Gasteiger partial charge on any atom is 0.417 e. The average Bonchev–Trinajstić information content (AvgIpc) is 2.84. The number of hydrogen-bond acceptors (Lipinski definition) is 4. The van der Waals surface area contributed by atoms with Crippen LogP contribution < -0.4 is 10.2 Å². The summed E-state index contributed by atoms with van der Waals surface area (Å²) >= 11 is 0. The first-order valence-electron chi connectivity index (χ1n) is 10.6. The van der Waals surface area contributed by atoms with Gasteiger partial charge in [-0.05, 0) is 36.4 Å². The van der Waals surface area contributed by atoms with Gasteiger partial charge in [-0.1, -0.05) is 12.1 Å². The lowest BCUT2D eigenvalue weighted by Crippen LogP contribution is -2.49. The van der Waals surface area contributed by atoms with Crippen molar-refractivity contribution >= 4 is 23.3 Å². The van der Waals surface area contributed by atoms with Crippen LogP contribution in [0.1, 0.15) is 26.3 Å². The minimum absolute atomic E-state index is 0.204. The SMILES string of the molecule is O=C(Nc1ccc(N2CCN(C(=O)c3ccc(F)cc3F)CC2)nc1)c1ccccc1C(F)(F)F. The van der Waals surface area contributed by atoms with Crippen LogP contribution in [0.2, 0.25) is 0 Å². The molecular weight excluding hydrogens is 471 g/mol. The van der Waals surface area contributed by atoms with Crippen LogP contribution in [-0.4, -0.2) is 47.9 Å². The Kier molecular flexibility index (Phi) is 6.68. The summed E-state index contributed by atoms with van der Waals surface area (Å²) in [5, 5.41) is 2.42. The number of piperazine rings is 1. The van der Waals surface area contributed by atoms with Gasteiger partial charge in [-0.2, -0.15) is 13.2 Å². The summed E-state index contributed by atoms with van der Waals surface area (Å²) in [6.07, 6.45) is -3.34. The van der Waals surface area contributed by atoms with Crippen molar-refractivity contribution in [2.24, 2.45) is 0 Å². The van der Waals surface area contributed by atoms with E-state index in [4.69, 9.17) is 0 Å². The van der Waals surface area contributed by atoms with E-state index >= 15 is 0 Å². The fourth-order valence-electron chi connectivity index (χ4n) is 3.75. The third kappa shape index (κ3) is 5.39. The van der Waals surface area contributed by atoms with Crippen molar-refractivity contribution in [3.8, 4) is 0 Å². The number of amides is 2. The fraction of sp³-hybridized carbons (Fsp3) is 0.208. The second-order valence-electron chi connectivity index (χ2n) is 7.81. The number of alkyl halides is 3. The number of rotatable bonds is 4. The van der Waals surface area contributed by atoms with Gasteiger partial charge in [0.15, 0.2) is 0 Å². The molecule has 0 unspecified atom stereocenters. The summed E-state index contributed by atoms with van der Waals surface area (Å²) in [5.74, 6) is -2.59. The molecule has 35 heavy (non-hydrogen) atoms. The molecule has 1 aliphatic heterocycles. The molecule has 1 fully saturated rings. The third-order valence-corrected chi connectivity index (χ3v) is 5.54. The summed E-state index contributed by atoms with van der Waals surface area (Å²) < 4.78 is 66.5. The van der Waals surface area contributed by atoms with Gasteiger partial charge >= 0.3 is 6.18 Å². The molecule has 4 rings (SSSR count). The first kappa shape index (κ1) is 24.1. The Balaban J connectivity index is 1.37. The largest absolute Gasteiger partial charge is 0.417 e. The number of aromatic nitrogens is 1. The molecule has 2 heterocycles. The van der Waals surface area contributed by atoms with Gasteiger partial charge in [0.05, 0.1) is 28.6 Å². The van der Waals surface area contributed by atoms with Crippen LogP contribution in [0.25, 0.3) is 0 Å². The van der Waals surface area contributed by atoms with E-state index in [1.165, 1.54) is 29.3 Å². The van der Waals surface area contributed by atoms with E-state index in [-0.39, 0.29) is 24.3 Å². The smallest absolute Gasteiger partial charge is 0.353 e. The molecule has 2 amide bonds. The number of pyridine rings is 1. The van der Waals surface area contributed by atoms with Crippen molar-refractivity contribution in [3.63, 3.8) is 0 Å². The average molecular weight is 490 g/mol. The van der Waals surface area contributed by atoms with Crippen LogP contribution in [0.5, 0.6) is 0 Å². The van der Waals surface area contributed by atoms with E-state index in [9.17, 15) is 31.5 Å². The van der Waals surface area contributed by atoms with Crippen LogP contribution in [-0.2, 0) is 6.18 Å². The molecule has 6 nitrogen and oxygen atoms in total. The number of benzene rings is 2. The normalized spacial score (nSPS) is 14.1. The lowest BCUT2D eigenvalue weighted by atomic mass is 10.1. The molecule has 11 heteroatoms. The van der Waals surface area contributed by atoms with E-state index in [0.29, 0.717) is 25.0 Å². The maximum absolute atomic E-state index is 13.9. The van der Waals surface area contributed by atoms with Gasteiger partial charge in [-0.15, -0.1) is 0 Å². The Bertz CT molecular complexity index is 1240. The molecule has 182 valence electrons. The molecule has 1 N–H and O–H groups in total. The molecule has 1 aliphatic rings. The number of carbonyl (C=O) groups is 2. The van der Waals surface area contributed by atoms with E-state index in [1.807, 2.05) is 4.90 Å². The van der Waals surface area contributed by atoms with Gasteiger partial charge in [-0.3, -0.25) is 9.59 Å². The molecular formula is C24H19F5N4O2. The van der Waals surface area contributed by atoms with Crippen LogP contribution in [0.15, 0.2) is 60.8 Å². The number of nitrogens with zero attached hydrogens (tertiary/aromatic N) is 3. The molecule has 0 saturated carbocycles. The van der Waals surface area contributed by atoms with Crippen molar-refractivity contribution in [2.45, 2.75) is 6.18 Å². The lowest BCUT2D eigenvalue weighted by Gasteiger charge is -2.35. The summed E-state index contributed by atoms with van der Waals surface area (Å²) in [7, 11) is 0. The molecule has 0 bridgehead atoms. The zero-order chi connectivity index (χ0) is 25.2. The summed E-state index contributed by atoms with van der Waals surface area (Å²) in [4.78, 5) is 32.5. The molecule has 3 aromatic rings. The lowest BCUT2D eigenvalue weighted by molar-refractivity contribution is -0.137. The van der Waals surface area contributed by atoms with E-state index in [2.05, 4.69) is 10.3 Å². The minimum atomic E-state index is -4.66. The Morgan fingerprint density at radius 2 is 1.60 bits per heavy atom. The number of hydrogen-bond donors (Lipinski definition) is 1. The number of carbonyl (C=O) groups excluding carboxylic acids is 2. The zero-order valence-electron chi connectivity index (χ0n) is 18.1. The van der Waals surface area contributed by atoms with E-state index in [1.54, 1.807) is 6.07 Å². The molecule has 0 atom stereocenters. The Morgan fingerprint density at radius 1 is 0.886 bits per heavy atom. The maximum atomic E-state index is 13.9. The molecule has 1 aromatic heterocycles. The first-order chi connectivity index (χ1) is 16.6. The highest BCUT2D eigenvalue weighted by Crippen LogP contribution is 2.32. The fourth-order valence-corrected chi connectivity index (χ4v) is 3.75. The second-order valence-corrected chi connectivity index (χ2v) is 7.81. The molecule has 0 radical (unpaired) electrons. The highest BCUT2D eigenvalue weighted by atomic mass is 19.4. The van der Waals surface area contributed by atoms with Crippen molar-refractivity contribution < 1.29 is 31.5 Å². The van der Waals surface area contributed by atoms with Crippen LogP contribution in [0.4, 0.5) is 33.5 Å². The number of halogens is 5. The van der Waals surface area contributed by atoms with Crippen LogP contribution in [0.3, 0.4) is 0 Å². The predicted molar refractivity (Wildman–Crippen MR) is 118 cm³/mol. The van der Waals surface area contributed by atoms with Crippen molar-refractivity contribution in [2.75, 3.05) is 36.4 Å². The predicted octanol–water partition coefficient (Wildman–Crippen LogP) is 4.59. The van der Waals surface area contributed by atoms with Gasteiger partial charge in [0.1, 0.15) is 17.5 Å². The highest BCUT2D eigenvalue weighted by Gasteiger charge is 2.35. The summed E-state index contributed by atoms with van der Waals surface area (Å²) in [6, 6.07) is 10.4. The Labute approximate surface area is 197 Å². The molecule has 0 spiro atoms. The van der Waals surface area contributed by atoms with Crippen molar-refractivity contribution in [1.82, 2.24) is 9.88 Å². The van der Waals surface area contributed by atoms with Crippen LogP contribution >= 0.6 is 0 Å². The third-order valence-electron chi connectivity index (χ3n) is 5.54. The minimum Gasteiger partial charge on any atom is -0.353 e. The topological polar surface area (TPSA) is 65.5 Å². The zero-order valence-corrected chi connectivity index (χ0v) is 18.1. The quantitative estimate of drug-likeness (QED) is 0.544. The summed E-state index contributed by atoms with van der Waals surface area (Å²) in [5.41, 5.74) is -1.51. The van der Waals surface area contributed by atoms with E-state index < -0.39 is 40.8 Å². The van der Waals surface area contributed by atoms with Gasteiger partial charge in [0.2, 0.25) is 0 Å². The van der Waals surface area contributed by atoms with E-state index in [0.717, 1.165) is 24.3 Å². The standard InChI is InChI=1S/C24H19F5N4O2/c25-15-5-7-18(20(26)13-15)23(35)33-11-9-32(10-12-33)21-8-6-16(14-30-21)31-22(34)17-3-1-2-4-19(17)24(27,28)29/h1-8,13-14H,9-12H2,(H,31,34). The summed E-state index contributed by atoms with van der Waals surface area (Å²) in [6.45, 7) is 1.35. The van der Waals surface area contributed by atoms with Crippen molar-refractivity contribution in [3.05, 3.63) is 89.1 Å². The Morgan fingerprint density at radius 3 is 2.23 bits per heavy atom. The van der Waals surface area contributed by atoms with Gasteiger partial charge < -0.3 is 15.1 Å². The molecule has 2 aromatic carbocycles. The number of nitrogens with one attached hydrogen (secondary N) is 1. The van der Waals surface area contributed by atoms with Gasteiger partial charge in [-0.25, -0.2) is 13.8 Å². The van der Waals surface area contributed by atoms with Gasteiger partial charge in [0.25, 0.3) is 11.8 Å². The van der Waals surface area contributed by atoms with Crippen LogP contribution in [0, 0.1) is 11.6 Å². The second kappa shape index (κ2) is 9.69. The molecule has 1 saturated heterocycles. The van der Waals surface area contributed by atoms with Crippen molar-refractivity contribution in [1.29, 1.82) is 0 Å². The monoisotopic (exact) mass is 490 g/mol. The first-order valence-corrected chi connectivity index (χ1v) is 10.6. The highest BCUT2D eigenvalue weighted by molar-refractivity contribution is 6.05.